The molecule has 1 N–H and O–H groups in total. The highest BCUT2D eigenvalue weighted by molar-refractivity contribution is 7.98. The molecule has 21 heavy (non-hydrogen) atoms. The Kier molecular flexibility index (Phi) is 6.15. The van der Waals surface area contributed by atoms with Gasteiger partial charge in [-0.1, -0.05) is 43.3 Å². The summed E-state index contributed by atoms with van der Waals surface area (Å²) >= 11 is 1.86. The Morgan fingerprint density at radius 3 is 2.52 bits per heavy atom. The fraction of sp³-hybridized carbons (Fsp3) is 0.333. The van der Waals surface area contributed by atoms with E-state index in [1.54, 1.807) is 7.11 Å². The zero-order valence-corrected chi connectivity index (χ0v) is 13.7. The third-order valence-corrected chi connectivity index (χ3v) is 4.57. The van der Waals surface area contributed by atoms with E-state index in [0.29, 0.717) is 0 Å². The van der Waals surface area contributed by atoms with Gasteiger partial charge in [0.15, 0.2) is 0 Å². The zero-order valence-electron chi connectivity index (χ0n) is 12.9. The van der Waals surface area contributed by atoms with E-state index in [-0.39, 0.29) is 6.04 Å². The summed E-state index contributed by atoms with van der Waals surface area (Å²) in [5.41, 5.74) is 2.59. The normalized spacial score (nSPS) is 12.1. The first-order valence-corrected chi connectivity index (χ1v) is 8.31. The van der Waals surface area contributed by atoms with Crippen molar-refractivity contribution in [3.63, 3.8) is 0 Å². The maximum Gasteiger partial charge on any atom is 0.124 e. The summed E-state index contributed by atoms with van der Waals surface area (Å²) in [4.78, 5) is 1.28. The molecule has 2 aromatic carbocycles. The van der Waals surface area contributed by atoms with Gasteiger partial charge in [-0.2, -0.15) is 0 Å². The molecule has 0 bridgehead atoms. The van der Waals surface area contributed by atoms with Crippen molar-refractivity contribution in [1.82, 2.24) is 5.32 Å². The third-order valence-electron chi connectivity index (χ3n) is 3.43. The zero-order chi connectivity index (χ0) is 15.1. The van der Waals surface area contributed by atoms with Gasteiger partial charge < -0.3 is 10.1 Å². The molecule has 0 spiro atoms. The average molecular weight is 301 g/mol. The topological polar surface area (TPSA) is 21.3 Å². The predicted octanol–water partition coefficient (Wildman–Crippen LogP) is 4.66. The highest BCUT2D eigenvalue weighted by Gasteiger charge is 2.15. The number of benzene rings is 2. The molecule has 2 rings (SSSR count). The van der Waals surface area contributed by atoms with Crippen molar-refractivity contribution in [2.45, 2.75) is 30.5 Å². The van der Waals surface area contributed by atoms with Gasteiger partial charge in [0.2, 0.25) is 0 Å². The largest absolute Gasteiger partial charge is 0.496 e. The van der Waals surface area contributed by atoms with Crippen LogP contribution in [0.15, 0.2) is 53.4 Å². The van der Waals surface area contributed by atoms with Crippen molar-refractivity contribution in [2.24, 2.45) is 0 Å². The minimum absolute atomic E-state index is 0.282. The van der Waals surface area contributed by atoms with Gasteiger partial charge in [0, 0.05) is 22.3 Å². The molecule has 1 atom stereocenters. The van der Waals surface area contributed by atoms with Gasteiger partial charge in [-0.05, 0) is 31.2 Å². The maximum absolute atomic E-state index is 5.55. The predicted molar refractivity (Wildman–Crippen MR) is 91.1 cm³/mol. The quantitative estimate of drug-likeness (QED) is 0.752. The van der Waals surface area contributed by atoms with Crippen molar-refractivity contribution in [2.75, 3.05) is 13.7 Å². The number of nitrogens with one attached hydrogen (secondary N) is 1. The molecule has 0 saturated carbocycles. The molecule has 3 heteroatoms. The molecular weight excluding hydrogens is 278 g/mol. The van der Waals surface area contributed by atoms with Crippen LogP contribution in [0, 0.1) is 0 Å². The van der Waals surface area contributed by atoms with E-state index in [2.05, 4.69) is 61.6 Å². The van der Waals surface area contributed by atoms with Crippen LogP contribution < -0.4 is 10.1 Å². The number of ether oxygens (including phenoxy) is 1. The van der Waals surface area contributed by atoms with Crippen molar-refractivity contribution in [3.05, 3.63) is 59.7 Å². The highest BCUT2D eigenvalue weighted by Crippen LogP contribution is 2.36. The first-order chi connectivity index (χ1) is 10.3. The average Bonchev–Trinajstić information content (AvgIpc) is 2.53. The second-order valence-electron chi connectivity index (χ2n) is 4.93. The second kappa shape index (κ2) is 8.11. The Balaban J connectivity index is 2.21. The van der Waals surface area contributed by atoms with Gasteiger partial charge in [-0.15, -0.1) is 11.8 Å². The maximum atomic E-state index is 5.55. The molecular formula is C18H23NOS. The molecule has 0 heterocycles. The monoisotopic (exact) mass is 301 g/mol. The van der Waals surface area contributed by atoms with Crippen molar-refractivity contribution in [1.29, 1.82) is 0 Å². The van der Waals surface area contributed by atoms with Gasteiger partial charge in [0.05, 0.1) is 7.11 Å². The number of thioether (sulfide) groups is 1. The lowest BCUT2D eigenvalue weighted by atomic mass is 10.1. The van der Waals surface area contributed by atoms with Crippen LogP contribution in [0.2, 0.25) is 0 Å². The van der Waals surface area contributed by atoms with Crippen LogP contribution in [0.3, 0.4) is 0 Å². The van der Waals surface area contributed by atoms with Crippen LogP contribution in [0.1, 0.15) is 31.0 Å². The lowest BCUT2D eigenvalue weighted by Gasteiger charge is -2.20. The summed E-state index contributed by atoms with van der Waals surface area (Å²) in [6, 6.07) is 17.1. The molecule has 1 unspecified atom stereocenters. The number of rotatable bonds is 7. The summed E-state index contributed by atoms with van der Waals surface area (Å²) < 4.78 is 5.55. The lowest BCUT2D eigenvalue weighted by molar-refractivity contribution is 0.400. The van der Waals surface area contributed by atoms with Crippen molar-refractivity contribution in [3.8, 4) is 5.75 Å². The fourth-order valence-electron chi connectivity index (χ4n) is 2.40. The molecule has 0 aliphatic carbocycles. The smallest absolute Gasteiger partial charge is 0.124 e. The van der Waals surface area contributed by atoms with Crippen molar-refractivity contribution < 1.29 is 4.74 Å². The molecule has 2 aromatic rings. The summed E-state index contributed by atoms with van der Waals surface area (Å²) in [5, 5.41) is 3.48. The van der Waals surface area contributed by atoms with E-state index in [0.717, 1.165) is 18.0 Å². The molecule has 0 radical (unpaired) electrons. The number of hydrogen-bond acceptors (Lipinski definition) is 3. The molecule has 0 aliphatic rings. The van der Waals surface area contributed by atoms with Gasteiger partial charge in [0.25, 0.3) is 0 Å². The SMILES string of the molecule is CCNC(C)c1c(OC)cccc1SCc1ccccc1. The van der Waals surface area contributed by atoms with Gasteiger partial charge in [0.1, 0.15) is 5.75 Å². The molecule has 0 saturated heterocycles. The standard InChI is InChI=1S/C18H23NOS/c1-4-19-14(2)18-16(20-3)11-8-12-17(18)21-13-15-9-6-5-7-10-15/h5-12,14,19H,4,13H2,1-3H3. The molecule has 2 nitrogen and oxygen atoms in total. The molecule has 0 aliphatic heterocycles. The Bertz CT molecular complexity index is 556. The van der Waals surface area contributed by atoms with Crippen LogP contribution in [0.4, 0.5) is 0 Å². The van der Waals surface area contributed by atoms with Crippen LogP contribution in [0.5, 0.6) is 5.75 Å². The van der Waals surface area contributed by atoms with E-state index >= 15 is 0 Å². The molecule has 0 fully saturated rings. The first-order valence-electron chi connectivity index (χ1n) is 7.33. The Morgan fingerprint density at radius 1 is 1.10 bits per heavy atom. The third kappa shape index (κ3) is 4.26. The van der Waals surface area contributed by atoms with Crippen LogP contribution >= 0.6 is 11.8 Å². The minimum Gasteiger partial charge on any atom is -0.496 e. The van der Waals surface area contributed by atoms with E-state index in [1.807, 2.05) is 17.8 Å². The number of methoxy groups -OCH3 is 1. The van der Waals surface area contributed by atoms with Crippen LogP contribution in [-0.2, 0) is 5.75 Å². The Morgan fingerprint density at radius 2 is 1.86 bits per heavy atom. The van der Waals surface area contributed by atoms with E-state index in [1.165, 1.54) is 16.0 Å². The highest BCUT2D eigenvalue weighted by atomic mass is 32.2. The second-order valence-corrected chi connectivity index (χ2v) is 5.94. The van der Waals surface area contributed by atoms with Crippen molar-refractivity contribution >= 4 is 11.8 Å². The Labute approximate surface area is 131 Å². The first kappa shape index (κ1) is 15.9. The van der Waals surface area contributed by atoms with Gasteiger partial charge in [-0.25, -0.2) is 0 Å². The van der Waals surface area contributed by atoms with Gasteiger partial charge in [-0.3, -0.25) is 0 Å². The summed E-state index contributed by atoms with van der Waals surface area (Å²) in [6.07, 6.45) is 0. The molecule has 112 valence electrons. The Hall–Kier alpha value is -1.45. The minimum atomic E-state index is 0.282. The van der Waals surface area contributed by atoms with Crippen LogP contribution in [-0.4, -0.2) is 13.7 Å². The molecule has 0 amide bonds. The van der Waals surface area contributed by atoms with E-state index in [9.17, 15) is 0 Å². The summed E-state index contributed by atoms with van der Waals surface area (Å²) in [6.45, 7) is 5.26. The number of hydrogen-bond donors (Lipinski definition) is 1. The summed E-state index contributed by atoms with van der Waals surface area (Å²) in [7, 11) is 1.74. The summed E-state index contributed by atoms with van der Waals surface area (Å²) in [5.74, 6) is 1.93. The fourth-order valence-corrected chi connectivity index (χ4v) is 3.52. The van der Waals surface area contributed by atoms with Crippen LogP contribution in [0.25, 0.3) is 0 Å². The lowest BCUT2D eigenvalue weighted by Crippen LogP contribution is -2.19. The van der Waals surface area contributed by atoms with E-state index < -0.39 is 0 Å². The van der Waals surface area contributed by atoms with E-state index in [4.69, 9.17) is 4.74 Å². The molecule has 0 aromatic heterocycles. The van der Waals surface area contributed by atoms with Gasteiger partial charge >= 0.3 is 0 Å².